The molecule has 2 rings (SSSR count). The predicted octanol–water partition coefficient (Wildman–Crippen LogP) is 5.83. The minimum absolute atomic E-state index is 0.946. The second-order valence-electron chi connectivity index (χ2n) is 9.37. The fraction of sp³-hybridized carbons (Fsp3) is 0.586. The van der Waals surface area contributed by atoms with Gasteiger partial charge in [-0.25, -0.2) is 0 Å². The first kappa shape index (κ1) is 30.2. The zero-order chi connectivity index (χ0) is 24.8. The van der Waals surface area contributed by atoms with Crippen LogP contribution in [0.15, 0.2) is 58.3 Å². The van der Waals surface area contributed by atoms with Crippen molar-refractivity contribution in [2.75, 3.05) is 39.3 Å². The van der Waals surface area contributed by atoms with E-state index < -0.39 is 0 Å². The van der Waals surface area contributed by atoms with Gasteiger partial charge in [-0.05, 0) is 113 Å². The molecule has 0 saturated heterocycles. The van der Waals surface area contributed by atoms with Gasteiger partial charge in [0.05, 0.1) is 0 Å². The fourth-order valence-corrected chi connectivity index (χ4v) is 4.27. The normalized spacial score (nSPS) is 11.3. The standard InChI is InChI=1S/C29H48N4S2/c34-28-14-10-26(11-15-28)24-32-22-8-6-20-30-18-4-2-1-3-5-19-31-21-7-9-23-33-25-27-12-16-29(35)17-13-27/h10-17,30-35H,1-9,18-25H2. The summed E-state index contributed by atoms with van der Waals surface area (Å²) in [7, 11) is 0. The minimum atomic E-state index is 0.946. The SMILES string of the molecule is Sc1ccc(CNCCCCNCCCCCCCNCCCCNCc2ccc(S)cc2)cc1. The summed E-state index contributed by atoms with van der Waals surface area (Å²) in [6.45, 7) is 8.66. The molecule has 0 aliphatic carbocycles. The molecule has 4 nitrogen and oxygen atoms in total. The van der Waals surface area contributed by atoms with Crippen LogP contribution in [0.25, 0.3) is 0 Å². The van der Waals surface area contributed by atoms with Crippen LogP contribution in [0.1, 0.15) is 68.9 Å². The third-order valence-electron chi connectivity index (χ3n) is 6.15. The highest BCUT2D eigenvalue weighted by molar-refractivity contribution is 7.80. The van der Waals surface area contributed by atoms with Crippen LogP contribution in [0.5, 0.6) is 0 Å². The van der Waals surface area contributed by atoms with Gasteiger partial charge in [-0.1, -0.05) is 43.5 Å². The second-order valence-corrected chi connectivity index (χ2v) is 10.4. The second kappa shape index (κ2) is 21.1. The highest BCUT2D eigenvalue weighted by Gasteiger charge is 1.96. The van der Waals surface area contributed by atoms with Crippen LogP contribution in [0.2, 0.25) is 0 Å². The maximum atomic E-state index is 4.32. The number of benzene rings is 2. The van der Waals surface area contributed by atoms with Gasteiger partial charge in [-0.3, -0.25) is 0 Å². The van der Waals surface area contributed by atoms with Crippen molar-refractivity contribution in [3.05, 3.63) is 59.7 Å². The molecule has 0 atom stereocenters. The number of rotatable bonds is 22. The van der Waals surface area contributed by atoms with E-state index in [1.807, 2.05) is 0 Å². The molecule has 4 N–H and O–H groups in total. The predicted molar refractivity (Wildman–Crippen MR) is 158 cm³/mol. The summed E-state index contributed by atoms with van der Waals surface area (Å²) in [5.41, 5.74) is 2.65. The Kier molecular flexibility index (Phi) is 18.2. The highest BCUT2D eigenvalue weighted by Crippen LogP contribution is 2.08. The molecule has 0 amide bonds. The first-order chi connectivity index (χ1) is 17.2. The molecule has 0 spiro atoms. The molecule has 0 unspecified atom stereocenters. The average Bonchev–Trinajstić information content (AvgIpc) is 2.87. The first-order valence-corrected chi connectivity index (χ1v) is 14.5. The fourth-order valence-electron chi connectivity index (χ4n) is 3.97. The largest absolute Gasteiger partial charge is 0.317 e. The van der Waals surface area contributed by atoms with Crippen LogP contribution in [-0.4, -0.2) is 39.3 Å². The van der Waals surface area contributed by atoms with E-state index in [1.54, 1.807) is 0 Å². The summed E-state index contributed by atoms with van der Waals surface area (Å²) in [6.07, 6.45) is 11.6. The zero-order valence-electron chi connectivity index (χ0n) is 21.5. The molecule has 2 aromatic rings. The van der Waals surface area contributed by atoms with Crippen LogP contribution in [0, 0.1) is 0 Å². The molecule has 0 bridgehead atoms. The third kappa shape index (κ3) is 17.1. The Morgan fingerprint density at radius 2 is 0.657 bits per heavy atom. The van der Waals surface area contributed by atoms with E-state index in [1.165, 1.54) is 68.9 Å². The van der Waals surface area contributed by atoms with Crippen molar-refractivity contribution in [2.45, 2.75) is 80.7 Å². The topological polar surface area (TPSA) is 48.1 Å². The lowest BCUT2D eigenvalue weighted by atomic mass is 10.1. The van der Waals surface area contributed by atoms with Crippen LogP contribution in [0.4, 0.5) is 0 Å². The van der Waals surface area contributed by atoms with E-state index in [-0.39, 0.29) is 0 Å². The van der Waals surface area contributed by atoms with E-state index in [0.717, 1.165) is 62.1 Å². The number of hydrogen-bond acceptors (Lipinski definition) is 6. The lowest BCUT2D eigenvalue weighted by Gasteiger charge is -2.07. The molecule has 35 heavy (non-hydrogen) atoms. The smallest absolute Gasteiger partial charge is 0.0205 e. The van der Waals surface area contributed by atoms with Gasteiger partial charge in [0.25, 0.3) is 0 Å². The summed E-state index contributed by atoms with van der Waals surface area (Å²) < 4.78 is 0. The summed E-state index contributed by atoms with van der Waals surface area (Å²) in [6, 6.07) is 16.8. The molecule has 196 valence electrons. The lowest BCUT2D eigenvalue weighted by Crippen LogP contribution is -2.20. The van der Waals surface area contributed by atoms with Crippen LogP contribution in [-0.2, 0) is 13.1 Å². The molecular weight excluding hydrogens is 468 g/mol. The van der Waals surface area contributed by atoms with Gasteiger partial charge >= 0.3 is 0 Å². The molecule has 0 heterocycles. The van der Waals surface area contributed by atoms with E-state index in [4.69, 9.17) is 0 Å². The number of thiol groups is 2. The van der Waals surface area contributed by atoms with Gasteiger partial charge in [-0.15, -0.1) is 25.3 Å². The van der Waals surface area contributed by atoms with Gasteiger partial charge in [-0.2, -0.15) is 0 Å². The molecular formula is C29H48N4S2. The van der Waals surface area contributed by atoms with Gasteiger partial charge in [0.1, 0.15) is 0 Å². The summed E-state index contributed by atoms with van der Waals surface area (Å²) in [5, 5.41) is 14.2. The van der Waals surface area contributed by atoms with Gasteiger partial charge in [0.15, 0.2) is 0 Å². The number of nitrogens with one attached hydrogen (secondary N) is 4. The Labute approximate surface area is 225 Å². The number of unbranched alkanes of at least 4 members (excludes halogenated alkanes) is 6. The van der Waals surface area contributed by atoms with E-state index in [2.05, 4.69) is 95.1 Å². The van der Waals surface area contributed by atoms with Crippen molar-refractivity contribution in [1.29, 1.82) is 0 Å². The molecule has 6 heteroatoms. The first-order valence-electron chi connectivity index (χ1n) is 13.6. The Bertz CT molecular complexity index is 674. The minimum Gasteiger partial charge on any atom is -0.317 e. The molecule has 0 aliphatic heterocycles. The van der Waals surface area contributed by atoms with Gasteiger partial charge < -0.3 is 21.3 Å². The van der Waals surface area contributed by atoms with E-state index >= 15 is 0 Å². The van der Waals surface area contributed by atoms with Crippen molar-refractivity contribution in [3.63, 3.8) is 0 Å². The van der Waals surface area contributed by atoms with E-state index in [0.29, 0.717) is 0 Å². The van der Waals surface area contributed by atoms with Crippen molar-refractivity contribution in [2.24, 2.45) is 0 Å². The van der Waals surface area contributed by atoms with Crippen LogP contribution < -0.4 is 21.3 Å². The summed E-state index contributed by atoms with van der Waals surface area (Å²) >= 11 is 8.65. The monoisotopic (exact) mass is 516 g/mol. The molecule has 0 aliphatic rings. The number of hydrogen-bond donors (Lipinski definition) is 6. The van der Waals surface area contributed by atoms with Crippen LogP contribution >= 0.6 is 25.3 Å². The Balaban J connectivity index is 1.21. The molecule has 0 aromatic heterocycles. The molecule has 2 aromatic carbocycles. The van der Waals surface area contributed by atoms with E-state index in [9.17, 15) is 0 Å². The molecule has 0 radical (unpaired) electrons. The third-order valence-corrected chi connectivity index (χ3v) is 6.75. The Morgan fingerprint density at radius 3 is 1.03 bits per heavy atom. The van der Waals surface area contributed by atoms with Gasteiger partial charge in [0, 0.05) is 22.9 Å². The van der Waals surface area contributed by atoms with Crippen molar-refractivity contribution in [1.82, 2.24) is 21.3 Å². The molecule has 0 saturated carbocycles. The summed E-state index contributed by atoms with van der Waals surface area (Å²) in [5.74, 6) is 0. The molecule has 0 fully saturated rings. The maximum absolute atomic E-state index is 4.32. The highest BCUT2D eigenvalue weighted by atomic mass is 32.1. The Morgan fingerprint density at radius 1 is 0.371 bits per heavy atom. The quantitative estimate of drug-likeness (QED) is 0.0880. The maximum Gasteiger partial charge on any atom is 0.0205 e. The zero-order valence-corrected chi connectivity index (χ0v) is 23.3. The lowest BCUT2D eigenvalue weighted by molar-refractivity contribution is 0.533. The average molecular weight is 517 g/mol. The van der Waals surface area contributed by atoms with Gasteiger partial charge in [0.2, 0.25) is 0 Å². The van der Waals surface area contributed by atoms with Crippen molar-refractivity contribution in [3.8, 4) is 0 Å². The Hall–Kier alpha value is -1.02. The van der Waals surface area contributed by atoms with Crippen molar-refractivity contribution >= 4 is 25.3 Å². The van der Waals surface area contributed by atoms with Crippen LogP contribution in [0.3, 0.4) is 0 Å². The van der Waals surface area contributed by atoms with Crippen molar-refractivity contribution < 1.29 is 0 Å². The summed E-state index contributed by atoms with van der Waals surface area (Å²) in [4.78, 5) is 2.05.